The molecule has 1 saturated carbocycles. The van der Waals surface area contributed by atoms with Gasteiger partial charge in [-0.3, -0.25) is 0 Å². The van der Waals surface area contributed by atoms with E-state index in [0.29, 0.717) is 0 Å². The Morgan fingerprint density at radius 2 is 1.26 bits per heavy atom. The maximum atomic E-state index is 6.03. The molecule has 0 unspecified atom stereocenters. The first-order chi connectivity index (χ1) is 17.3. The van der Waals surface area contributed by atoms with Gasteiger partial charge in [-0.05, 0) is 67.3 Å². The zero-order chi connectivity index (χ0) is 24.6. The lowest BCUT2D eigenvalue weighted by Crippen LogP contribution is -2.15. The first-order valence-corrected chi connectivity index (χ1v) is 14.8. The molecular formula is C32H50N2O. The van der Waals surface area contributed by atoms with Gasteiger partial charge in [-0.2, -0.15) is 0 Å². The number of aromatic nitrogens is 2. The highest BCUT2D eigenvalue weighted by Crippen LogP contribution is 2.34. The van der Waals surface area contributed by atoms with Gasteiger partial charge in [0.1, 0.15) is 5.75 Å². The van der Waals surface area contributed by atoms with Gasteiger partial charge in [0.05, 0.1) is 6.61 Å². The molecule has 3 rings (SSSR count). The summed E-state index contributed by atoms with van der Waals surface area (Å²) in [4.78, 5) is 9.09. The maximum absolute atomic E-state index is 6.03. The van der Waals surface area contributed by atoms with Crippen LogP contribution in [0.25, 0.3) is 11.4 Å². The van der Waals surface area contributed by atoms with E-state index in [2.05, 4.69) is 48.1 Å². The van der Waals surface area contributed by atoms with Crippen molar-refractivity contribution >= 4 is 0 Å². The lowest BCUT2D eigenvalue weighted by molar-refractivity contribution is 0.228. The van der Waals surface area contributed by atoms with Crippen molar-refractivity contribution in [2.45, 2.75) is 123 Å². The Balaban J connectivity index is 1.24. The molecule has 0 saturated heterocycles. The smallest absolute Gasteiger partial charge is 0.159 e. The summed E-state index contributed by atoms with van der Waals surface area (Å²) in [5.74, 6) is 3.67. The van der Waals surface area contributed by atoms with E-state index in [4.69, 9.17) is 4.74 Å². The lowest BCUT2D eigenvalue weighted by atomic mass is 9.78. The van der Waals surface area contributed by atoms with E-state index in [1.165, 1.54) is 102 Å². The molecule has 0 N–H and O–H groups in total. The minimum absolute atomic E-state index is 0.791. The molecule has 1 aliphatic rings. The van der Waals surface area contributed by atoms with Crippen LogP contribution in [0.2, 0.25) is 0 Å². The molecule has 3 nitrogen and oxygen atoms in total. The summed E-state index contributed by atoms with van der Waals surface area (Å²) in [6.07, 6.45) is 27.2. The fraction of sp³-hybridized carbons (Fsp3) is 0.688. The minimum Gasteiger partial charge on any atom is -0.494 e. The van der Waals surface area contributed by atoms with Crippen molar-refractivity contribution in [3.63, 3.8) is 0 Å². The number of aryl methyl sites for hydroxylation is 1. The number of benzene rings is 1. The molecule has 0 aliphatic heterocycles. The number of hydrogen-bond donors (Lipinski definition) is 0. The molecule has 0 spiro atoms. The predicted octanol–water partition coefficient (Wildman–Crippen LogP) is 9.59. The molecule has 2 aromatic rings. The van der Waals surface area contributed by atoms with Gasteiger partial charge in [0.15, 0.2) is 5.82 Å². The molecule has 194 valence electrons. The van der Waals surface area contributed by atoms with Crippen LogP contribution in [0.4, 0.5) is 0 Å². The molecule has 0 radical (unpaired) electrons. The third-order valence-corrected chi connectivity index (χ3v) is 7.84. The Bertz CT molecular complexity index is 778. The van der Waals surface area contributed by atoms with Crippen LogP contribution in [0.5, 0.6) is 5.75 Å². The predicted molar refractivity (Wildman–Crippen MR) is 149 cm³/mol. The molecule has 1 aromatic heterocycles. The number of hydrogen-bond acceptors (Lipinski definition) is 3. The lowest BCUT2D eigenvalue weighted by Gasteiger charge is -2.28. The van der Waals surface area contributed by atoms with Crippen LogP contribution >= 0.6 is 0 Å². The monoisotopic (exact) mass is 478 g/mol. The van der Waals surface area contributed by atoms with Crippen LogP contribution < -0.4 is 4.74 Å². The summed E-state index contributed by atoms with van der Waals surface area (Å²) in [6, 6.07) is 8.25. The molecule has 1 fully saturated rings. The normalized spacial score (nSPS) is 18.0. The van der Waals surface area contributed by atoms with Crippen molar-refractivity contribution in [2.24, 2.45) is 11.8 Å². The average molecular weight is 479 g/mol. The second kappa shape index (κ2) is 16.7. The Labute approximate surface area is 215 Å². The fourth-order valence-corrected chi connectivity index (χ4v) is 5.48. The Morgan fingerprint density at radius 1 is 0.686 bits per heavy atom. The van der Waals surface area contributed by atoms with Gasteiger partial charge in [0.2, 0.25) is 0 Å². The minimum atomic E-state index is 0.791. The van der Waals surface area contributed by atoms with Gasteiger partial charge in [0, 0.05) is 18.0 Å². The van der Waals surface area contributed by atoms with Gasteiger partial charge in [-0.1, -0.05) is 97.3 Å². The summed E-state index contributed by atoms with van der Waals surface area (Å²) < 4.78 is 6.03. The quantitative estimate of drug-likeness (QED) is 0.212. The summed E-state index contributed by atoms with van der Waals surface area (Å²) in [5.41, 5.74) is 2.27. The van der Waals surface area contributed by atoms with Gasteiger partial charge in [-0.25, -0.2) is 9.97 Å². The van der Waals surface area contributed by atoms with Crippen LogP contribution in [0, 0.1) is 11.8 Å². The molecule has 1 aromatic carbocycles. The fourth-order valence-electron chi connectivity index (χ4n) is 5.48. The zero-order valence-electron chi connectivity index (χ0n) is 22.6. The summed E-state index contributed by atoms with van der Waals surface area (Å²) >= 11 is 0. The molecule has 3 heteroatoms. The van der Waals surface area contributed by atoms with E-state index in [9.17, 15) is 0 Å². The molecule has 1 heterocycles. The highest BCUT2D eigenvalue weighted by atomic mass is 16.5. The molecule has 0 bridgehead atoms. The molecule has 1 aliphatic carbocycles. The Morgan fingerprint density at radius 3 is 1.89 bits per heavy atom. The average Bonchev–Trinajstić information content (AvgIpc) is 2.91. The van der Waals surface area contributed by atoms with Crippen molar-refractivity contribution in [1.29, 1.82) is 0 Å². The van der Waals surface area contributed by atoms with E-state index in [1.807, 2.05) is 12.4 Å². The number of ether oxygens (including phenoxy) is 1. The van der Waals surface area contributed by atoms with Crippen LogP contribution in [0.1, 0.15) is 122 Å². The van der Waals surface area contributed by atoms with Gasteiger partial charge >= 0.3 is 0 Å². The molecule has 0 amide bonds. The Kier molecular flexibility index (Phi) is 13.2. The molecule has 0 atom stereocenters. The van der Waals surface area contributed by atoms with Crippen LogP contribution in [0.15, 0.2) is 36.7 Å². The summed E-state index contributed by atoms with van der Waals surface area (Å²) in [7, 11) is 0. The van der Waals surface area contributed by atoms with Gasteiger partial charge in [-0.15, -0.1) is 0 Å². The molecule has 35 heavy (non-hydrogen) atoms. The molecular weight excluding hydrogens is 428 g/mol. The van der Waals surface area contributed by atoms with Crippen molar-refractivity contribution in [2.75, 3.05) is 6.61 Å². The first kappa shape index (κ1) is 27.7. The van der Waals surface area contributed by atoms with Crippen LogP contribution in [-0.2, 0) is 6.42 Å². The van der Waals surface area contributed by atoms with Crippen LogP contribution in [0.3, 0.4) is 0 Å². The van der Waals surface area contributed by atoms with Crippen LogP contribution in [-0.4, -0.2) is 16.6 Å². The highest BCUT2D eigenvalue weighted by Gasteiger charge is 2.20. The largest absolute Gasteiger partial charge is 0.494 e. The van der Waals surface area contributed by atoms with E-state index < -0.39 is 0 Å². The standard InChI is InChI=1S/C32H50N2O/c1-3-5-7-8-9-10-11-14-27-16-18-28(19-17-27)15-12-24-35-31-22-20-30(21-23-31)32-33-25-29(26-34-32)13-6-4-2/h20-23,25-28H,3-19,24H2,1-2H3/t27-,28-. The van der Waals surface area contributed by atoms with Crippen molar-refractivity contribution in [3.05, 3.63) is 42.2 Å². The Hall–Kier alpha value is -1.90. The second-order valence-electron chi connectivity index (χ2n) is 10.8. The van der Waals surface area contributed by atoms with Gasteiger partial charge < -0.3 is 4.74 Å². The summed E-state index contributed by atoms with van der Waals surface area (Å²) in [6.45, 7) is 5.33. The van der Waals surface area contributed by atoms with Gasteiger partial charge in [0.25, 0.3) is 0 Å². The number of rotatable bonds is 17. The van der Waals surface area contributed by atoms with Crippen molar-refractivity contribution < 1.29 is 4.74 Å². The second-order valence-corrected chi connectivity index (χ2v) is 10.8. The van der Waals surface area contributed by atoms with E-state index in [-0.39, 0.29) is 0 Å². The van der Waals surface area contributed by atoms with E-state index in [0.717, 1.165) is 48.4 Å². The number of unbranched alkanes of at least 4 members (excludes halogenated alkanes) is 7. The highest BCUT2D eigenvalue weighted by molar-refractivity contribution is 5.55. The van der Waals surface area contributed by atoms with Crippen molar-refractivity contribution in [3.8, 4) is 17.1 Å². The SMILES string of the molecule is CCCCCCCCC[C@H]1CC[C@H](CCCOc2ccc(-c3ncc(CCCC)cn3)cc2)CC1. The van der Waals surface area contributed by atoms with E-state index in [1.54, 1.807) is 0 Å². The topological polar surface area (TPSA) is 35.0 Å². The first-order valence-electron chi connectivity index (χ1n) is 14.8. The number of nitrogens with zero attached hydrogens (tertiary/aromatic N) is 2. The third kappa shape index (κ3) is 10.7. The third-order valence-electron chi connectivity index (χ3n) is 7.84. The van der Waals surface area contributed by atoms with E-state index >= 15 is 0 Å². The zero-order valence-corrected chi connectivity index (χ0v) is 22.6. The maximum Gasteiger partial charge on any atom is 0.159 e. The van der Waals surface area contributed by atoms with Crippen molar-refractivity contribution in [1.82, 2.24) is 9.97 Å². The summed E-state index contributed by atoms with van der Waals surface area (Å²) in [5, 5.41) is 0.